The van der Waals surface area contributed by atoms with Crippen molar-refractivity contribution < 1.29 is 4.74 Å². The first kappa shape index (κ1) is 14.2. The molecule has 0 amide bonds. The molecule has 1 atom stereocenters. The predicted molar refractivity (Wildman–Crippen MR) is 88.1 cm³/mol. The summed E-state index contributed by atoms with van der Waals surface area (Å²) in [5.74, 6) is 1.86. The van der Waals surface area contributed by atoms with Gasteiger partial charge in [-0.15, -0.1) is 0 Å². The van der Waals surface area contributed by atoms with Gasteiger partial charge in [0.25, 0.3) is 0 Å². The molecule has 4 rings (SSSR count). The van der Waals surface area contributed by atoms with Crippen molar-refractivity contribution in [1.82, 2.24) is 14.5 Å². The zero-order chi connectivity index (χ0) is 14.9. The third-order valence-electron chi connectivity index (χ3n) is 5.37. The van der Waals surface area contributed by atoms with Crippen molar-refractivity contribution in [3.63, 3.8) is 0 Å². The fourth-order valence-corrected chi connectivity index (χ4v) is 4.06. The van der Waals surface area contributed by atoms with Crippen molar-refractivity contribution in [3.8, 4) is 0 Å². The minimum absolute atomic E-state index is 0.596. The molecule has 4 nitrogen and oxygen atoms in total. The Morgan fingerprint density at radius 2 is 1.95 bits per heavy atom. The van der Waals surface area contributed by atoms with E-state index in [1.54, 1.807) is 0 Å². The number of piperidine rings is 1. The van der Waals surface area contributed by atoms with E-state index < -0.39 is 0 Å². The average molecular weight is 299 g/mol. The summed E-state index contributed by atoms with van der Waals surface area (Å²) in [6, 6.07) is 9.10. The molecule has 0 aliphatic carbocycles. The zero-order valence-electron chi connectivity index (χ0n) is 13.4. The van der Waals surface area contributed by atoms with E-state index in [4.69, 9.17) is 9.72 Å². The lowest BCUT2D eigenvalue weighted by molar-refractivity contribution is 0.00848. The lowest BCUT2D eigenvalue weighted by Crippen LogP contribution is -2.45. The average Bonchev–Trinajstić information content (AvgIpc) is 2.93. The van der Waals surface area contributed by atoms with E-state index in [-0.39, 0.29) is 0 Å². The van der Waals surface area contributed by atoms with E-state index in [2.05, 4.69) is 40.8 Å². The highest BCUT2D eigenvalue weighted by Gasteiger charge is 2.29. The minimum atomic E-state index is 0.596. The second-order valence-corrected chi connectivity index (χ2v) is 6.70. The van der Waals surface area contributed by atoms with Crippen LogP contribution < -0.4 is 0 Å². The monoisotopic (exact) mass is 299 g/mol. The van der Waals surface area contributed by atoms with Crippen LogP contribution in [0.3, 0.4) is 0 Å². The number of para-hydroxylation sites is 2. The molecule has 1 aromatic carbocycles. The van der Waals surface area contributed by atoms with Crippen LogP contribution in [0.4, 0.5) is 0 Å². The summed E-state index contributed by atoms with van der Waals surface area (Å²) in [4.78, 5) is 7.53. The Bertz CT molecular complexity index is 637. The highest BCUT2D eigenvalue weighted by atomic mass is 16.5. The molecule has 2 fully saturated rings. The number of nitrogens with zero attached hydrogens (tertiary/aromatic N) is 3. The van der Waals surface area contributed by atoms with Gasteiger partial charge in [0, 0.05) is 25.6 Å². The number of fused-ring (bicyclic) bond motifs is 1. The Kier molecular flexibility index (Phi) is 3.89. The van der Waals surface area contributed by atoms with E-state index in [1.807, 2.05) is 0 Å². The smallest absolute Gasteiger partial charge is 0.112 e. The Hall–Kier alpha value is -1.39. The highest BCUT2D eigenvalue weighted by Crippen LogP contribution is 2.31. The first-order valence-electron chi connectivity index (χ1n) is 8.56. The molecule has 3 heterocycles. The number of rotatable bonds is 2. The van der Waals surface area contributed by atoms with Crippen LogP contribution >= 0.6 is 0 Å². The van der Waals surface area contributed by atoms with E-state index >= 15 is 0 Å². The number of likely N-dealkylation sites (tertiary alicyclic amines) is 1. The summed E-state index contributed by atoms with van der Waals surface area (Å²) in [6.45, 7) is 4.24. The molecule has 0 bridgehead atoms. The van der Waals surface area contributed by atoms with Gasteiger partial charge in [0.1, 0.15) is 5.82 Å². The molecular formula is C18H25N3O. The second kappa shape index (κ2) is 6.01. The maximum atomic E-state index is 5.65. The van der Waals surface area contributed by atoms with Gasteiger partial charge in [-0.25, -0.2) is 4.98 Å². The Balaban J connectivity index is 1.47. The predicted octanol–water partition coefficient (Wildman–Crippen LogP) is 2.93. The SMILES string of the molecule is Cn1c(C2CCN([C@@H]3CCCOC3)CC2)nc2ccccc21. The number of ether oxygens (including phenoxy) is 1. The first-order valence-corrected chi connectivity index (χ1v) is 8.56. The van der Waals surface area contributed by atoms with Crippen molar-refractivity contribution in [2.75, 3.05) is 26.3 Å². The molecule has 2 aromatic rings. The summed E-state index contributed by atoms with van der Waals surface area (Å²) in [6.07, 6.45) is 4.95. The largest absolute Gasteiger partial charge is 0.380 e. The Morgan fingerprint density at radius 1 is 1.14 bits per heavy atom. The van der Waals surface area contributed by atoms with Crippen LogP contribution in [-0.2, 0) is 11.8 Å². The number of aromatic nitrogens is 2. The molecule has 1 aromatic heterocycles. The van der Waals surface area contributed by atoms with E-state index in [0.717, 1.165) is 18.7 Å². The maximum absolute atomic E-state index is 5.65. The number of hydrogen-bond acceptors (Lipinski definition) is 3. The van der Waals surface area contributed by atoms with E-state index in [9.17, 15) is 0 Å². The molecular weight excluding hydrogens is 274 g/mol. The summed E-state index contributed by atoms with van der Waals surface area (Å²) < 4.78 is 7.94. The molecule has 4 heteroatoms. The molecule has 22 heavy (non-hydrogen) atoms. The van der Waals surface area contributed by atoms with E-state index in [1.165, 1.54) is 50.1 Å². The number of benzene rings is 1. The van der Waals surface area contributed by atoms with Crippen LogP contribution in [0.5, 0.6) is 0 Å². The van der Waals surface area contributed by atoms with Crippen molar-refractivity contribution >= 4 is 11.0 Å². The molecule has 2 aliphatic heterocycles. The molecule has 2 aliphatic rings. The van der Waals surface area contributed by atoms with Crippen LogP contribution in [-0.4, -0.2) is 46.8 Å². The van der Waals surface area contributed by atoms with Crippen molar-refractivity contribution in [3.05, 3.63) is 30.1 Å². The quantitative estimate of drug-likeness (QED) is 0.854. The van der Waals surface area contributed by atoms with Crippen LogP contribution in [0.15, 0.2) is 24.3 Å². The van der Waals surface area contributed by atoms with Gasteiger partial charge in [0.2, 0.25) is 0 Å². The van der Waals surface area contributed by atoms with Gasteiger partial charge < -0.3 is 9.30 Å². The molecule has 0 radical (unpaired) electrons. The molecule has 0 spiro atoms. The Morgan fingerprint density at radius 3 is 2.68 bits per heavy atom. The van der Waals surface area contributed by atoms with Gasteiger partial charge >= 0.3 is 0 Å². The van der Waals surface area contributed by atoms with Gasteiger partial charge in [-0.2, -0.15) is 0 Å². The lowest BCUT2D eigenvalue weighted by atomic mass is 9.94. The fraction of sp³-hybridized carbons (Fsp3) is 0.611. The number of hydrogen-bond donors (Lipinski definition) is 0. The minimum Gasteiger partial charge on any atom is -0.380 e. The van der Waals surface area contributed by atoms with Crippen molar-refractivity contribution in [2.45, 2.75) is 37.6 Å². The van der Waals surface area contributed by atoms with E-state index in [0.29, 0.717) is 12.0 Å². The van der Waals surface area contributed by atoms with Gasteiger partial charge in [0.15, 0.2) is 0 Å². The third kappa shape index (κ3) is 2.55. The molecule has 2 saturated heterocycles. The van der Waals surface area contributed by atoms with Gasteiger partial charge in [-0.1, -0.05) is 12.1 Å². The van der Waals surface area contributed by atoms with Crippen molar-refractivity contribution in [2.24, 2.45) is 7.05 Å². The lowest BCUT2D eigenvalue weighted by Gasteiger charge is -2.38. The summed E-state index contributed by atoms with van der Waals surface area (Å²) in [5, 5.41) is 0. The normalized spacial score (nSPS) is 24.9. The van der Waals surface area contributed by atoms with Gasteiger partial charge in [-0.05, 0) is 50.9 Å². The molecule has 0 saturated carbocycles. The van der Waals surface area contributed by atoms with Crippen LogP contribution in [0, 0.1) is 0 Å². The maximum Gasteiger partial charge on any atom is 0.112 e. The van der Waals surface area contributed by atoms with Gasteiger partial charge in [-0.3, -0.25) is 4.90 Å². The van der Waals surface area contributed by atoms with Crippen molar-refractivity contribution in [1.29, 1.82) is 0 Å². The van der Waals surface area contributed by atoms with Crippen LogP contribution in [0.1, 0.15) is 37.4 Å². The number of aryl methyl sites for hydroxylation is 1. The van der Waals surface area contributed by atoms with Gasteiger partial charge in [0.05, 0.1) is 17.6 Å². The first-order chi connectivity index (χ1) is 10.8. The van der Waals surface area contributed by atoms with Crippen LogP contribution in [0.2, 0.25) is 0 Å². The molecule has 118 valence electrons. The molecule has 0 unspecified atom stereocenters. The summed E-state index contributed by atoms with van der Waals surface area (Å²) in [5.41, 5.74) is 2.38. The number of imidazole rings is 1. The summed E-state index contributed by atoms with van der Waals surface area (Å²) >= 11 is 0. The standard InChI is InChI=1S/C18H25N3O/c1-20-17-7-3-2-6-16(17)19-18(20)14-8-10-21(11-9-14)15-5-4-12-22-13-15/h2-3,6-7,14-15H,4-5,8-13H2,1H3/t15-/m1/s1. The fourth-order valence-electron chi connectivity index (χ4n) is 4.06. The molecule has 0 N–H and O–H groups in total. The second-order valence-electron chi connectivity index (χ2n) is 6.70. The topological polar surface area (TPSA) is 30.3 Å². The third-order valence-corrected chi connectivity index (χ3v) is 5.37. The summed E-state index contributed by atoms with van der Waals surface area (Å²) in [7, 11) is 2.16. The van der Waals surface area contributed by atoms with Crippen LogP contribution in [0.25, 0.3) is 11.0 Å². The highest BCUT2D eigenvalue weighted by molar-refractivity contribution is 5.75. The Labute approximate surface area is 132 Å². The zero-order valence-corrected chi connectivity index (χ0v) is 13.4.